The topological polar surface area (TPSA) is 102 Å². The predicted octanol–water partition coefficient (Wildman–Crippen LogP) is 3.08. The fraction of sp³-hybridized carbons (Fsp3) is 0.273. The minimum absolute atomic E-state index is 0.202. The van der Waals surface area contributed by atoms with E-state index in [4.69, 9.17) is 9.26 Å². The van der Waals surface area contributed by atoms with Crippen LogP contribution in [0.2, 0.25) is 0 Å². The molecule has 1 aliphatic rings. The first-order valence-corrected chi connectivity index (χ1v) is 10.1. The van der Waals surface area contributed by atoms with Crippen LogP contribution in [0.5, 0.6) is 5.75 Å². The number of aromatic nitrogens is 5. The second-order valence-corrected chi connectivity index (χ2v) is 7.35. The Morgan fingerprint density at radius 2 is 2.16 bits per heavy atom. The number of carbonyl (C=O) groups excluding carboxylic acids is 1. The molecule has 1 atom stereocenters. The molecule has 158 valence electrons. The van der Waals surface area contributed by atoms with Crippen molar-refractivity contribution in [2.24, 2.45) is 0 Å². The number of benzene rings is 1. The molecule has 3 aromatic heterocycles. The van der Waals surface area contributed by atoms with E-state index in [1.807, 2.05) is 37.4 Å². The lowest BCUT2D eigenvalue weighted by Crippen LogP contribution is -2.40. The number of fused-ring (bicyclic) bond motifs is 1. The maximum absolute atomic E-state index is 13.5. The van der Waals surface area contributed by atoms with Crippen molar-refractivity contribution in [3.05, 3.63) is 71.7 Å². The summed E-state index contributed by atoms with van der Waals surface area (Å²) in [6.07, 6.45) is 5.94. The van der Waals surface area contributed by atoms with Crippen molar-refractivity contribution in [2.75, 3.05) is 13.7 Å². The molecule has 9 heteroatoms. The van der Waals surface area contributed by atoms with Gasteiger partial charge in [0, 0.05) is 37.5 Å². The summed E-state index contributed by atoms with van der Waals surface area (Å²) in [6.45, 7) is 3.30. The van der Waals surface area contributed by atoms with Crippen molar-refractivity contribution >= 4 is 5.91 Å². The second kappa shape index (κ2) is 7.75. The lowest BCUT2D eigenvalue weighted by Gasteiger charge is -2.34. The number of amides is 1. The number of imidazole rings is 1. The first kappa shape index (κ1) is 19.1. The molecule has 5 rings (SSSR count). The lowest BCUT2D eigenvalue weighted by atomic mass is 9.95. The number of ether oxygens (including phenoxy) is 1. The zero-order chi connectivity index (χ0) is 21.4. The molecular formula is C22H22N6O3. The van der Waals surface area contributed by atoms with Crippen molar-refractivity contribution in [1.82, 2.24) is 29.8 Å². The standard InChI is InChI=1S/C22H22N6O3/c1-3-27-12-15(11-25-27)19-10-18(26-31-19)22(29)28-9-8-17-20(24-13-23-17)21(28)14-4-6-16(30-2)7-5-14/h4-7,10-13,21H,3,8-9H2,1-2H3,(H,23,24). The average molecular weight is 418 g/mol. The van der Waals surface area contributed by atoms with Crippen LogP contribution in [0.1, 0.15) is 40.4 Å². The van der Waals surface area contributed by atoms with Crippen molar-refractivity contribution < 1.29 is 14.1 Å². The molecular weight excluding hydrogens is 396 g/mol. The Bertz CT molecular complexity index is 1210. The molecule has 0 bridgehead atoms. The molecule has 1 amide bonds. The van der Waals surface area contributed by atoms with E-state index in [1.165, 1.54) is 0 Å². The summed E-state index contributed by atoms with van der Waals surface area (Å²) in [5, 5.41) is 8.30. The smallest absolute Gasteiger partial charge is 0.276 e. The average Bonchev–Trinajstić information content (AvgIpc) is 3.57. The van der Waals surface area contributed by atoms with Crippen LogP contribution in [-0.4, -0.2) is 49.4 Å². The summed E-state index contributed by atoms with van der Waals surface area (Å²) >= 11 is 0. The molecule has 31 heavy (non-hydrogen) atoms. The molecule has 4 heterocycles. The fourth-order valence-electron chi connectivity index (χ4n) is 3.94. The van der Waals surface area contributed by atoms with Crippen LogP contribution in [0, 0.1) is 0 Å². The van der Waals surface area contributed by atoms with E-state index >= 15 is 0 Å². The molecule has 1 aromatic carbocycles. The van der Waals surface area contributed by atoms with Gasteiger partial charge in [0.2, 0.25) is 0 Å². The minimum atomic E-state index is -0.323. The number of nitrogens with zero attached hydrogens (tertiary/aromatic N) is 5. The molecule has 0 radical (unpaired) electrons. The highest BCUT2D eigenvalue weighted by Crippen LogP contribution is 2.35. The first-order chi connectivity index (χ1) is 15.2. The minimum Gasteiger partial charge on any atom is -0.497 e. The van der Waals surface area contributed by atoms with Crippen LogP contribution in [0.4, 0.5) is 0 Å². The highest BCUT2D eigenvalue weighted by molar-refractivity contribution is 5.93. The van der Waals surface area contributed by atoms with E-state index in [9.17, 15) is 4.79 Å². The summed E-state index contributed by atoms with van der Waals surface area (Å²) in [7, 11) is 1.63. The van der Waals surface area contributed by atoms with Gasteiger partial charge >= 0.3 is 0 Å². The van der Waals surface area contributed by atoms with Crippen LogP contribution < -0.4 is 4.74 Å². The van der Waals surface area contributed by atoms with Gasteiger partial charge in [0.25, 0.3) is 5.91 Å². The number of aromatic amines is 1. The number of H-pyrrole nitrogens is 1. The van der Waals surface area contributed by atoms with E-state index in [1.54, 1.807) is 35.3 Å². The fourth-order valence-corrected chi connectivity index (χ4v) is 3.94. The number of methoxy groups -OCH3 is 1. The zero-order valence-electron chi connectivity index (χ0n) is 17.3. The second-order valence-electron chi connectivity index (χ2n) is 7.35. The number of hydrogen-bond acceptors (Lipinski definition) is 6. The van der Waals surface area contributed by atoms with Gasteiger partial charge in [0.15, 0.2) is 11.5 Å². The largest absolute Gasteiger partial charge is 0.497 e. The van der Waals surface area contributed by atoms with Gasteiger partial charge in [0.05, 0.1) is 30.9 Å². The van der Waals surface area contributed by atoms with Gasteiger partial charge in [-0.25, -0.2) is 4.98 Å². The normalized spacial score (nSPS) is 15.7. The van der Waals surface area contributed by atoms with Gasteiger partial charge in [-0.2, -0.15) is 5.10 Å². The number of nitrogens with one attached hydrogen (secondary N) is 1. The Kier molecular flexibility index (Phi) is 4.78. The maximum atomic E-state index is 13.5. The van der Waals surface area contributed by atoms with Crippen LogP contribution in [0.3, 0.4) is 0 Å². The van der Waals surface area contributed by atoms with Gasteiger partial charge in [-0.05, 0) is 24.6 Å². The molecule has 9 nitrogen and oxygen atoms in total. The van der Waals surface area contributed by atoms with E-state index in [-0.39, 0.29) is 17.6 Å². The highest BCUT2D eigenvalue weighted by Gasteiger charge is 2.35. The molecule has 0 fully saturated rings. The third-order valence-corrected chi connectivity index (χ3v) is 5.59. The van der Waals surface area contributed by atoms with Crippen molar-refractivity contribution in [2.45, 2.75) is 25.9 Å². The van der Waals surface area contributed by atoms with Gasteiger partial charge < -0.3 is 19.1 Å². The Hall–Kier alpha value is -3.88. The van der Waals surface area contributed by atoms with Gasteiger partial charge in [-0.1, -0.05) is 17.3 Å². The molecule has 1 unspecified atom stereocenters. The first-order valence-electron chi connectivity index (χ1n) is 10.1. The molecule has 1 N–H and O–H groups in total. The number of hydrogen-bond donors (Lipinski definition) is 1. The van der Waals surface area contributed by atoms with E-state index in [2.05, 4.69) is 20.2 Å². The maximum Gasteiger partial charge on any atom is 0.276 e. The molecule has 1 aliphatic heterocycles. The third kappa shape index (κ3) is 3.37. The van der Waals surface area contributed by atoms with Crippen LogP contribution in [-0.2, 0) is 13.0 Å². The molecule has 0 aliphatic carbocycles. The van der Waals surface area contributed by atoms with Crippen molar-refractivity contribution in [3.63, 3.8) is 0 Å². The monoisotopic (exact) mass is 418 g/mol. The zero-order valence-corrected chi connectivity index (χ0v) is 17.3. The van der Waals surface area contributed by atoms with E-state index < -0.39 is 0 Å². The van der Waals surface area contributed by atoms with Gasteiger partial charge in [0.1, 0.15) is 11.8 Å². The molecule has 0 saturated heterocycles. The summed E-state index contributed by atoms with van der Waals surface area (Å²) < 4.78 is 12.5. The summed E-state index contributed by atoms with van der Waals surface area (Å²) in [6, 6.07) is 9.04. The Balaban J connectivity index is 1.48. The Morgan fingerprint density at radius 1 is 1.32 bits per heavy atom. The lowest BCUT2D eigenvalue weighted by molar-refractivity contribution is 0.0680. The summed E-state index contributed by atoms with van der Waals surface area (Å²) in [5.74, 6) is 1.07. The van der Waals surface area contributed by atoms with Crippen molar-refractivity contribution in [3.8, 4) is 17.1 Å². The summed E-state index contributed by atoms with van der Waals surface area (Å²) in [5.41, 5.74) is 3.88. The number of rotatable bonds is 5. The molecule has 0 spiro atoms. The number of aryl methyl sites for hydroxylation is 1. The summed E-state index contributed by atoms with van der Waals surface area (Å²) in [4.78, 5) is 23.0. The Morgan fingerprint density at radius 3 is 2.90 bits per heavy atom. The molecule has 0 saturated carbocycles. The quantitative estimate of drug-likeness (QED) is 0.534. The predicted molar refractivity (Wildman–Crippen MR) is 112 cm³/mol. The van der Waals surface area contributed by atoms with Gasteiger partial charge in [-0.3, -0.25) is 9.48 Å². The third-order valence-electron chi connectivity index (χ3n) is 5.59. The van der Waals surface area contributed by atoms with Crippen LogP contribution in [0.15, 0.2) is 53.6 Å². The van der Waals surface area contributed by atoms with Crippen LogP contribution in [0.25, 0.3) is 11.3 Å². The van der Waals surface area contributed by atoms with E-state index in [0.29, 0.717) is 18.7 Å². The Labute approximate surface area is 178 Å². The SMILES string of the molecule is CCn1cc(-c2cc(C(=O)N3CCc4[nH]cnc4C3c3ccc(OC)cc3)no2)cn1. The van der Waals surface area contributed by atoms with Gasteiger partial charge in [-0.15, -0.1) is 0 Å². The van der Waals surface area contributed by atoms with Crippen LogP contribution >= 0.6 is 0 Å². The molecule has 4 aromatic rings. The highest BCUT2D eigenvalue weighted by atomic mass is 16.5. The van der Waals surface area contributed by atoms with E-state index in [0.717, 1.165) is 34.8 Å². The van der Waals surface area contributed by atoms with Crippen molar-refractivity contribution in [1.29, 1.82) is 0 Å². The number of carbonyl (C=O) groups is 1.